The molecule has 0 unspecified atom stereocenters. The van der Waals surface area contributed by atoms with Crippen LogP contribution in [0.1, 0.15) is 0 Å². The van der Waals surface area contributed by atoms with Gasteiger partial charge in [-0.2, -0.15) is 0 Å². The maximum absolute atomic E-state index is 4.62. The Kier molecular flexibility index (Phi) is 4.95. The van der Waals surface area contributed by atoms with E-state index in [1.54, 1.807) is 7.11 Å². The van der Waals surface area contributed by atoms with E-state index in [-0.39, 0.29) is 0 Å². The monoisotopic (exact) mass is 118 g/mol. The smallest absolute Gasteiger partial charge is 0.0572 e. The first kappa shape index (κ1) is 7.88. The number of likely N-dealkylation sites (N-methyl/N-ethyl adjacent to an activating group) is 1. The average Bonchev–Trinajstić information content (AvgIpc) is 1.66. The summed E-state index contributed by atoms with van der Waals surface area (Å²) in [5.41, 5.74) is 2.74. The third-order valence-corrected chi connectivity index (χ3v) is 0.805. The van der Waals surface area contributed by atoms with Crippen LogP contribution in [-0.4, -0.2) is 39.2 Å². The van der Waals surface area contributed by atoms with Crippen LogP contribution in [-0.2, 0) is 4.84 Å². The van der Waals surface area contributed by atoms with E-state index in [0.717, 1.165) is 13.1 Å². The fourth-order valence-corrected chi connectivity index (χ4v) is 0.371. The molecule has 3 heteroatoms. The third kappa shape index (κ3) is 5.88. The molecule has 8 heavy (non-hydrogen) atoms. The molecule has 0 fully saturated rings. The van der Waals surface area contributed by atoms with Crippen molar-refractivity contribution < 1.29 is 4.84 Å². The largest absolute Gasteiger partial charge is 0.308 e. The van der Waals surface area contributed by atoms with Crippen molar-refractivity contribution in [2.45, 2.75) is 0 Å². The van der Waals surface area contributed by atoms with E-state index in [9.17, 15) is 0 Å². The number of hydrogen-bond acceptors (Lipinski definition) is 3. The van der Waals surface area contributed by atoms with Crippen molar-refractivity contribution in [2.75, 3.05) is 34.3 Å². The molecule has 0 aliphatic heterocycles. The number of hydrogen-bond donors (Lipinski definition) is 1. The molecular weight excluding hydrogens is 104 g/mol. The zero-order valence-corrected chi connectivity index (χ0v) is 5.77. The number of nitrogens with one attached hydrogen (secondary N) is 1. The standard InChI is InChI=1S/C5H14N2O/c1-7(2)5-4-6-8-3/h6H,4-5H2,1-3H3. The second-order valence-electron chi connectivity index (χ2n) is 1.90. The zero-order valence-electron chi connectivity index (χ0n) is 5.77. The average molecular weight is 118 g/mol. The summed E-state index contributed by atoms with van der Waals surface area (Å²) >= 11 is 0. The summed E-state index contributed by atoms with van der Waals surface area (Å²) in [4.78, 5) is 6.70. The van der Waals surface area contributed by atoms with Crippen molar-refractivity contribution in [3.8, 4) is 0 Å². The normalized spacial score (nSPS) is 10.5. The Morgan fingerprint density at radius 2 is 2.12 bits per heavy atom. The van der Waals surface area contributed by atoms with Gasteiger partial charge in [-0.3, -0.25) is 0 Å². The molecule has 0 aromatic rings. The van der Waals surface area contributed by atoms with Crippen molar-refractivity contribution in [2.24, 2.45) is 0 Å². The van der Waals surface area contributed by atoms with Gasteiger partial charge in [0.25, 0.3) is 0 Å². The molecule has 1 N–H and O–H groups in total. The molecule has 0 spiro atoms. The van der Waals surface area contributed by atoms with Crippen LogP contribution in [0.2, 0.25) is 0 Å². The van der Waals surface area contributed by atoms with Crippen LogP contribution in [0, 0.1) is 0 Å². The fraction of sp³-hybridized carbons (Fsp3) is 1.00. The van der Waals surface area contributed by atoms with Crippen LogP contribution in [0.15, 0.2) is 0 Å². The molecule has 0 saturated heterocycles. The van der Waals surface area contributed by atoms with E-state index in [1.165, 1.54) is 0 Å². The Hall–Kier alpha value is -0.120. The highest BCUT2D eigenvalue weighted by atomic mass is 16.6. The van der Waals surface area contributed by atoms with Crippen molar-refractivity contribution >= 4 is 0 Å². The summed E-state index contributed by atoms with van der Waals surface area (Å²) in [6.45, 7) is 1.89. The molecule has 3 nitrogen and oxygen atoms in total. The number of hydroxylamine groups is 1. The molecule has 0 bridgehead atoms. The van der Waals surface area contributed by atoms with Gasteiger partial charge in [0.1, 0.15) is 0 Å². The van der Waals surface area contributed by atoms with Crippen LogP contribution in [0.4, 0.5) is 0 Å². The lowest BCUT2D eigenvalue weighted by Crippen LogP contribution is -2.25. The van der Waals surface area contributed by atoms with Gasteiger partial charge in [-0.15, -0.1) is 0 Å². The van der Waals surface area contributed by atoms with Crippen molar-refractivity contribution in [1.82, 2.24) is 10.4 Å². The van der Waals surface area contributed by atoms with Gasteiger partial charge in [0.15, 0.2) is 0 Å². The lowest BCUT2D eigenvalue weighted by Gasteiger charge is -2.07. The second kappa shape index (κ2) is 5.03. The van der Waals surface area contributed by atoms with E-state index >= 15 is 0 Å². The third-order valence-electron chi connectivity index (χ3n) is 0.805. The van der Waals surface area contributed by atoms with E-state index in [4.69, 9.17) is 0 Å². The van der Waals surface area contributed by atoms with Gasteiger partial charge in [-0.1, -0.05) is 0 Å². The van der Waals surface area contributed by atoms with Crippen LogP contribution in [0.3, 0.4) is 0 Å². The Morgan fingerprint density at radius 1 is 1.50 bits per heavy atom. The highest BCUT2D eigenvalue weighted by molar-refractivity contribution is 4.40. The maximum Gasteiger partial charge on any atom is 0.0572 e. The molecule has 0 rings (SSSR count). The summed E-state index contributed by atoms with van der Waals surface area (Å²) in [5.74, 6) is 0. The van der Waals surface area contributed by atoms with Crippen molar-refractivity contribution in [3.63, 3.8) is 0 Å². The summed E-state index contributed by atoms with van der Waals surface area (Å²) < 4.78 is 0. The quantitative estimate of drug-likeness (QED) is 0.405. The first-order valence-electron chi connectivity index (χ1n) is 2.68. The predicted molar refractivity (Wildman–Crippen MR) is 33.6 cm³/mol. The van der Waals surface area contributed by atoms with Gasteiger partial charge in [0.2, 0.25) is 0 Å². The lowest BCUT2D eigenvalue weighted by molar-refractivity contribution is 0.0868. The Bertz CT molecular complexity index is 47.7. The van der Waals surface area contributed by atoms with E-state index in [0.29, 0.717) is 0 Å². The predicted octanol–water partition coefficient (Wildman–Crippen LogP) is -0.301. The molecule has 50 valence electrons. The highest BCUT2D eigenvalue weighted by Crippen LogP contribution is 1.68. The molecule has 0 aromatic heterocycles. The SMILES string of the molecule is CONCCN(C)C. The van der Waals surface area contributed by atoms with Gasteiger partial charge in [-0.25, -0.2) is 5.48 Å². The van der Waals surface area contributed by atoms with Crippen molar-refractivity contribution in [3.05, 3.63) is 0 Å². The Morgan fingerprint density at radius 3 is 2.50 bits per heavy atom. The molecule has 0 aromatic carbocycles. The van der Waals surface area contributed by atoms with Gasteiger partial charge in [-0.05, 0) is 14.1 Å². The van der Waals surface area contributed by atoms with E-state index < -0.39 is 0 Å². The van der Waals surface area contributed by atoms with E-state index in [2.05, 4.69) is 15.2 Å². The topological polar surface area (TPSA) is 24.5 Å². The molecular formula is C5H14N2O. The zero-order chi connectivity index (χ0) is 6.41. The second-order valence-corrected chi connectivity index (χ2v) is 1.90. The minimum Gasteiger partial charge on any atom is -0.308 e. The maximum atomic E-state index is 4.62. The minimum atomic E-state index is 0.878. The lowest BCUT2D eigenvalue weighted by atomic mass is 10.6. The number of nitrogens with zero attached hydrogens (tertiary/aromatic N) is 1. The summed E-state index contributed by atoms with van der Waals surface area (Å²) in [6.07, 6.45) is 0. The van der Waals surface area contributed by atoms with Gasteiger partial charge < -0.3 is 9.74 Å². The summed E-state index contributed by atoms with van der Waals surface area (Å²) in [5, 5.41) is 0. The first-order valence-corrected chi connectivity index (χ1v) is 2.68. The first-order chi connectivity index (χ1) is 3.77. The molecule has 0 atom stereocenters. The minimum absolute atomic E-state index is 0.878. The van der Waals surface area contributed by atoms with Crippen LogP contribution in [0.5, 0.6) is 0 Å². The molecule has 0 aliphatic rings. The molecule has 0 heterocycles. The molecule has 0 amide bonds. The Balaban J connectivity index is 2.72. The number of rotatable bonds is 4. The highest BCUT2D eigenvalue weighted by Gasteiger charge is 1.85. The molecule has 0 aliphatic carbocycles. The molecule has 0 radical (unpaired) electrons. The van der Waals surface area contributed by atoms with Gasteiger partial charge in [0.05, 0.1) is 7.11 Å². The van der Waals surface area contributed by atoms with Crippen LogP contribution < -0.4 is 5.48 Å². The van der Waals surface area contributed by atoms with Gasteiger partial charge in [0, 0.05) is 13.1 Å². The molecule has 0 saturated carbocycles. The van der Waals surface area contributed by atoms with Crippen LogP contribution >= 0.6 is 0 Å². The van der Waals surface area contributed by atoms with Crippen LogP contribution in [0.25, 0.3) is 0 Å². The summed E-state index contributed by atoms with van der Waals surface area (Å²) in [6, 6.07) is 0. The van der Waals surface area contributed by atoms with Gasteiger partial charge >= 0.3 is 0 Å². The van der Waals surface area contributed by atoms with E-state index in [1.807, 2.05) is 14.1 Å². The fourth-order valence-electron chi connectivity index (χ4n) is 0.371. The Labute approximate surface area is 50.6 Å². The van der Waals surface area contributed by atoms with Crippen molar-refractivity contribution in [1.29, 1.82) is 0 Å². The summed E-state index contributed by atoms with van der Waals surface area (Å²) in [7, 11) is 5.67.